The van der Waals surface area contributed by atoms with Gasteiger partial charge in [-0.05, 0) is 53.1 Å². The first kappa shape index (κ1) is 16.9. The Labute approximate surface area is 137 Å². The van der Waals surface area contributed by atoms with Crippen molar-refractivity contribution in [1.29, 1.82) is 0 Å². The zero-order valence-corrected chi connectivity index (χ0v) is 13.6. The lowest BCUT2D eigenvalue weighted by molar-refractivity contribution is -0.142. The van der Waals surface area contributed by atoms with Crippen molar-refractivity contribution in [2.75, 3.05) is 19.1 Å². The molecule has 0 radical (unpaired) electrons. The predicted octanol–water partition coefficient (Wildman–Crippen LogP) is 0.687. The van der Waals surface area contributed by atoms with Crippen LogP contribution in [0, 0.1) is 0 Å². The summed E-state index contributed by atoms with van der Waals surface area (Å²) in [4.78, 5) is 24.0. The lowest BCUT2D eigenvalue weighted by Crippen LogP contribution is -2.41. The molecule has 8 nitrogen and oxygen atoms in total. The minimum atomic E-state index is -0.654. The fraction of sp³-hybridized carbons (Fsp3) is 0.357. The molecule has 122 valence electrons. The Bertz CT molecular complexity index is 645. The molecule has 1 heterocycles. The van der Waals surface area contributed by atoms with E-state index in [1.165, 1.54) is 18.1 Å². The van der Waals surface area contributed by atoms with Gasteiger partial charge in [0, 0.05) is 5.56 Å². The molecule has 0 fully saturated rings. The molecule has 0 aliphatic heterocycles. The molecule has 1 unspecified atom stereocenters. The summed E-state index contributed by atoms with van der Waals surface area (Å²) >= 11 is 1.60. The maximum absolute atomic E-state index is 12.3. The van der Waals surface area contributed by atoms with Crippen LogP contribution < -0.4 is 5.32 Å². The maximum atomic E-state index is 12.3. The molecule has 1 atom stereocenters. The molecule has 9 heteroatoms. The SMILES string of the molecule is COC(=O)C(CCSC)NC(=O)c1ccc(-n2cnnn2)cc1. The quantitative estimate of drug-likeness (QED) is 0.743. The Morgan fingerprint density at radius 3 is 2.65 bits per heavy atom. The van der Waals surface area contributed by atoms with Gasteiger partial charge in [0.15, 0.2) is 0 Å². The molecular formula is C14H17N5O3S. The Morgan fingerprint density at radius 2 is 2.09 bits per heavy atom. The second kappa shape index (κ2) is 8.28. The van der Waals surface area contributed by atoms with Crippen molar-refractivity contribution >= 4 is 23.6 Å². The zero-order chi connectivity index (χ0) is 16.7. The number of thioether (sulfide) groups is 1. The molecule has 1 amide bonds. The second-order valence-corrected chi connectivity index (χ2v) is 5.62. The minimum Gasteiger partial charge on any atom is -0.467 e. The van der Waals surface area contributed by atoms with Crippen LogP contribution in [-0.4, -0.2) is 57.2 Å². The summed E-state index contributed by atoms with van der Waals surface area (Å²) < 4.78 is 6.21. The number of hydrogen-bond acceptors (Lipinski definition) is 7. The molecule has 23 heavy (non-hydrogen) atoms. The van der Waals surface area contributed by atoms with E-state index < -0.39 is 12.0 Å². The largest absolute Gasteiger partial charge is 0.467 e. The number of carbonyl (C=O) groups is 2. The number of carbonyl (C=O) groups excluding carboxylic acids is 2. The fourth-order valence-corrected chi connectivity index (χ4v) is 2.39. The van der Waals surface area contributed by atoms with Gasteiger partial charge in [0.05, 0.1) is 12.8 Å². The maximum Gasteiger partial charge on any atom is 0.328 e. The van der Waals surface area contributed by atoms with Gasteiger partial charge in [-0.25, -0.2) is 9.48 Å². The number of methoxy groups -OCH3 is 1. The molecule has 0 aliphatic rings. The normalized spacial score (nSPS) is 11.7. The van der Waals surface area contributed by atoms with Gasteiger partial charge in [-0.3, -0.25) is 4.79 Å². The summed E-state index contributed by atoms with van der Waals surface area (Å²) in [5.41, 5.74) is 1.18. The van der Waals surface area contributed by atoms with Crippen LogP contribution in [0.2, 0.25) is 0 Å². The van der Waals surface area contributed by atoms with Gasteiger partial charge in [-0.2, -0.15) is 11.8 Å². The molecule has 0 aliphatic carbocycles. The van der Waals surface area contributed by atoms with E-state index in [-0.39, 0.29) is 5.91 Å². The molecule has 0 saturated heterocycles. The Balaban J connectivity index is 2.05. The number of benzene rings is 1. The number of tetrazole rings is 1. The van der Waals surface area contributed by atoms with Crippen LogP contribution in [0.1, 0.15) is 16.8 Å². The van der Waals surface area contributed by atoms with Crippen molar-refractivity contribution in [3.8, 4) is 5.69 Å². The van der Waals surface area contributed by atoms with Crippen LogP contribution in [0.25, 0.3) is 5.69 Å². The summed E-state index contributed by atoms with van der Waals surface area (Å²) in [5.74, 6) is -0.0272. The van der Waals surface area contributed by atoms with Crippen LogP contribution in [0.3, 0.4) is 0 Å². The van der Waals surface area contributed by atoms with Crippen LogP contribution in [0.4, 0.5) is 0 Å². The molecule has 2 aromatic rings. The van der Waals surface area contributed by atoms with Crippen molar-refractivity contribution in [1.82, 2.24) is 25.5 Å². The van der Waals surface area contributed by atoms with Gasteiger partial charge >= 0.3 is 5.97 Å². The highest BCUT2D eigenvalue weighted by Crippen LogP contribution is 2.09. The number of rotatable bonds is 7. The third kappa shape index (κ3) is 4.52. The lowest BCUT2D eigenvalue weighted by atomic mass is 10.1. The number of amides is 1. The average molecular weight is 335 g/mol. The van der Waals surface area contributed by atoms with Crippen molar-refractivity contribution < 1.29 is 14.3 Å². The zero-order valence-electron chi connectivity index (χ0n) is 12.8. The van der Waals surface area contributed by atoms with E-state index in [9.17, 15) is 9.59 Å². The van der Waals surface area contributed by atoms with E-state index in [2.05, 4.69) is 20.8 Å². The molecule has 0 bridgehead atoms. The monoisotopic (exact) mass is 335 g/mol. The number of hydrogen-bond donors (Lipinski definition) is 1. The van der Waals surface area contributed by atoms with E-state index in [0.29, 0.717) is 12.0 Å². The number of esters is 1. The molecule has 0 saturated carbocycles. The highest BCUT2D eigenvalue weighted by atomic mass is 32.2. The molecule has 1 aromatic carbocycles. The summed E-state index contributed by atoms with van der Waals surface area (Å²) in [6.07, 6.45) is 3.92. The van der Waals surface area contributed by atoms with Gasteiger partial charge in [-0.1, -0.05) is 0 Å². The van der Waals surface area contributed by atoms with Gasteiger partial charge < -0.3 is 10.1 Å². The van der Waals surface area contributed by atoms with Crippen molar-refractivity contribution in [3.05, 3.63) is 36.2 Å². The van der Waals surface area contributed by atoms with Gasteiger partial charge in [0.2, 0.25) is 0 Å². The predicted molar refractivity (Wildman–Crippen MR) is 85.4 cm³/mol. The van der Waals surface area contributed by atoms with Crippen LogP contribution in [0.15, 0.2) is 30.6 Å². The first-order valence-corrected chi connectivity index (χ1v) is 8.26. The van der Waals surface area contributed by atoms with Gasteiger partial charge in [0.1, 0.15) is 12.4 Å². The highest BCUT2D eigenvalue weighted by molar-refractivity contribution is 7.98. The second-order valence-electron chi connectivity index (χ2n) is 4.63. The van der Waals surface area contributed by atoms with Gasteiger partial charge in [-0.15, -0.1) is 5.10 Å². The summed E-state index contributed by atoms with van der Waals surface area (Å²) in [6, 6.07) is 6.09. The first-order chi connectivity index (χ1) is 11.2. The number of aromatic nitrogens is 4. The van der Waals surface area contributed by atoms with E-state index in [4.69, 9.17) is 4.74 Å². The van der Waals surface area contributed by atoms with E-state index in [0.717, 1.165) is 11.4 Å². The molecular weight excluding hydrogens is 318 g/mol. The van der Waals surface area contributed by atoms with Gasteiger partial charge in [0.25, 0.3) is 5.91 Å². The minimum absolute atomic E-state index is 0.329. The molecule has 1 N–H and O–H groups in total. The van der Waals surface area contributed by atoms with Crippen molar-refractivity contribution in [2.24, 2.45) is 0 Å². The number of nitrogens with zero attached hydrogens (tertiary/aromatic N) is 4. The Kier molecular flexibility index (Phi) is 6.10. The van der Waals surface area contributed by atoms with Crippen molar-refractivity contribution in [2.45, 2.75) is 12.5 Å². The Hall–Kier alpha value is -2.42. The standard InChI is InChI=1S/C14H17N5O3S/c1-22-14(21)12(7-8-23-2)16-13(20)10-3-5-11(6-4-10)19-9-15-17-18-19/h3-6,9,12H,7-8H2,1-2H3,(H,16,20). The third-order valence-electron chi connectivity index (χ3n) is 3.14. The van der Waals surface area contributed by atoms with Crippen molar-refractivity contribution in [3.63, 3.8) is 0 Å². The average Bonchev–Trinajstić information content (AvgIpc) is 3.12. The number of ether oxygens (including phenoxy) is 1. The van der Waals surface area contributed by atoms with Crippen LogP contribution in [-0.2, 0) is 9.53 Å². The third-order valence-corrected chi connectivity index (χ3v) is 3.79. The fourth-order valence-electron chi connectivity index (χ4n) is 1.91. The topological polar surface area (TPSA) is 99.0 Å². The lowest BCUT2D eigenvalue weighted by Gasteiger charge is -2.16. The molecule has 2 rings (SSSR count). The van der Waals surface area contributed by atoms with Crippen LogP contribution in [0.5, 0.6) is 0 Å². The molecule has 0 spiro atoms. The summed E-state index contributed by atoms with van der Waals surface area (Å²) in [7, 11) is 1.31. The highest BCUT2D eigenvalue weighted by Gasteiger charge is 2.21. The number of nitrogens with one attached hydrogen (secondary N) is 1. The smallest absolute Gasteiger partial charge is 0.328 e. The molecule has 1 aromatic heterocycles. The van der Waals surface area contributed by atoms with E-state index in [1.807, 2.05) is 6.26 Å². The summed E-state index contributed by atoms with van der Waals surface area (Å²) in [5, 5.41) is 13.6. The van der Waals surface area contributed by atoms with E-state index in [1.54, 1.807) is 36.0 Å². The van der Waals surface area contributed by atoms with E-state index >= 15 is 0 Å². The Morgan fingerprint density at radius 1 is 1.35 bits per heavy atom. The first-order valence-electron chi connectivity index (χ1n) is 6.86. The summed E-state index contributed by atoms with van der Waals surface area (Å²) in [6.45, 7) is 0. The van der Waals surface area contributed by atoms with Crippen LogP contribution >= 0.6 is 11.8 Å².